The number of aryl methyl sites for hydroxylation is 4. The monoisotopic (exact) mass is 351 g/mol. The molecule has 0 aliphatic carbocycles. The van der Waals surface area contributed by atoms with Crippen molar-refractivity contribution < 1.29 is 4.79 Å². The molecule has 0 saturated heterocycles. The molecule has 134 valence electrons. The summed E-state index contributed by atoms with van der Waals surface area (Å²) in [5, 5.41) is 4.21. The number of nitrogens with zero attached hydrogens (tertiary/aromatic N) is 7. The zero-order chi connectivity index (χ0) is 17.7. The predicted molar refractivity (Wildman–Crippen MR) is 96.1 cm³/mol. The summed E-state index contributed by atoms with van der Waals surface area (Å²) in [6, 6.07) is 1.85. The van der Waals surface area contributed by atoms with Gasteiger partial charge in [-0.25, -0.2) is 14.6 Å². The van der Waals surface area contributed by atoms with Gasteiger partial charge < -0.3 is 4.57 Å². The number of carbonyl (C=O) groups excluding carboxylic acids is 1. The lowest BCUT2D eigenvalue weighted by molar-refractivity contribution is 0.0981. The van der Waals surface area contributed by atoms with Gasteiger partial charge in [0, 0.05) is 31.7 Å². The lowest BCUT2D eigenvalue weighted by Crippen LogP contribution is -2.38. The molecule has 0 N–H and O–H groups in total. The maximum atomic E-state index is 13.4. The van der Waals surface area contributed by atoms with E-state index in [2.05, 4.69) is 14.6 Å². The number of hydrogen-bond donors (Lipinski definition) is 0. The number of fused-ring (bicyclic) bond motifs is 4. The number of hydrogen-bond acceptors (Lipinski definition) is 5. The van der Waals surface area contributed by atoms with E-state index in [1.165, 1.54) is 12.7 Å². The second kappa shape index (κ2) is 5.89. The maximum absolute atomic E-state index is 13.4. The van der Waals surface area contributed by atoms with Crippen LogP contribution in [0.2, 0.25) is 0 Å². The van der Waals surface area contributed by atoms with Crippen LogP contribution < -0.4 is 4.90 Å². The van der Waals surface area contributed by atoms with Gasteiger partial charge in [-0.05, 0) is 32.3 Å². The Hall–Kier alpha value is -2.77. The molecule has 1 amide bonds. The number of imidazole rings is 1. The first kappa shape index (κ1) is 15.5. The Kier molecular flexibility index (Phi) is 3.51. The summed E-state index contributed by atoms with van der Waals surface area (Å²) in [6.07, 6.45) is 6.81. The SMILES string of the molecule is Cc1cc(C(=O)N2CCCn3ncnc32)c2nc3n(c2n1)CCCCC3. The molecule has 0 saturated carbocycles. The van der Waals surface area contributed by atoms with E-state index >= 15 is 0 Å². The van der Waals surface area contributed by atoms with Crippen LogP contribution >= 0.6 is 0 Å². The van der Waals surface area contributed by atoms with Crippen LogP contribution in [-0.2, 0) is 19.5 Å². The molecule has 8 heteroatoms. The van der Waals surface area contributed by atoms with Crippen LogP contribution in [0.15, 0.2) is 12.4 Å². The molecule has 0 radical (unpaired) electrons. The Morgan fingerprint density at radius 2 is 2.00 bits per heavy atom. The van der Waals surface area contributed by atoms with E-state index < -0.39 is 0 Å². The van der Waals surface area contributed by atoms with E-state index in [9.17, 15) is 4.79 Å². The van der Waals surface area contributed by atoms with Gasteiger partial charge in [0.05, 0.1) is 5.56 Å². The minimum absolute atomic E-state index is 0.0669. The van der Waals surface area contributed by atoms with E-state index in [0.717, 1.165) is 55.9 Å². The van der Waals surface area contributed by atoms with E-state index in [4.69, 9.17) is 9.97 Å². The van der Waals surface area contributed by atoms with E-state index in [-0.39, 0.29) is 5.91 Å². The van der Waals surface area contributed by atoms with Crippen molar-refractivity contribution in [2.75, 3.05) is 11.4 Å². The maximum Gasteiger partial charge on any atom is 0.263 e. The zero-order valence-corrected chi connectivity index (χ0v) is 14.9. The first-order chi connectivity index (χ1) is 12.7. The highest BCUT2D eigenvalue weighted by atomic mass is 16.2. The molecule has 3 aromatic heterocycles. The van der Waals surface area contributed by atoms with Gasteiger partial charge in [0.15, 0.2) is 5.65 Å². The Balaban J connectivity index is 1.65. The third kappa shape index (κ3) is 2.32. The highest BCUT2D eigenvalue weighted by Gasteiger charge is 2.29. The number of carbonyl (C=O) groups is 1. The summed E-state index contributed by atoms with van der Waals surface area (Å²) in [6.45, 7) is 4.30. The van der Waals surface area contributed by atoms with Crippen LogP contribution in [0.3, 0.4) is 0 Å². The normalized spacial score (nSPS) is 17.0. The molecule has 5 heterocycles. The molecule has 0 unspecified atom stereocenters. The molecule has 0 atom stereocenters. The van der Waals surface area contributed by atoms with Crippen LogP contribution in [0.5, 0.6) is 0 Å². The first-order valence-corrected chi connectivity index (χ1v) is 9.29. The quantitative estimate of drug-likeness (QED) is 0.671. The van der Waals surface area contributed by atoms with Crippen LogP contribution in [-0.4, -0.2) is 41.8 Å². The van der Waals surface area contributed by atoms with Crippen LogP contribution in [0.1, 0.15) is 47.6 Å². The van der Waals surface area contributed by atoms with Crippen molar-refractivity contribution in [3.63, 3.8) is 0 Å². The van der Waals surface area contributed by atoms with Crippen LogP contribution in [0.4, 0.5) is 5.95 Å². The third-order valence-corrected chi connectivity index (χ3v) is 5.26. The van der Waals surface area contributed by atoms with Gasteiger partial charge in [-0.3, -0.25) is 9.69 Å². The van der Waals surface area contributed by atoms with E-state index in [0.29, 0.717) is 23.6 Å². The van der Waals surface area contributed by atoms with Gasteiger partial charge in [-0.2, -0.15) is 10.1 Å². The summed E-state index contributed by atoms with van der Waals surface area (Å²) in [5.74, 6) is 1.60. The minimum Gasteiger partial charge on any atom is -0.313 e. The molecule has 0 fully saturated rings. The second-order valence-corrected chi connectivity index (χ2v) is 7.07. The van der Waals surface area contributed by atoms with Crippen molar-refractivity contribution in [1.29, 1.82) is 0 Å². The largest absolute Gasteiger partial charge is 0.313 e. The molecular formula is C18H21N7O. The van der Waals surface area contributed by atoms with Crippen LogP contribution in [0, 0.1) is 6.92 Å². The molecule has 26 heavy (non-hydrogen) atoms. The smallest absolute Gasteiger partial charge is 0.263 e. The van der Waals surface area contributed by atoms with Crippen molar-refractivity contribution >= 4 is 23.0 Å². The number of aromatic nitrogens is 6. The summed E-state index contributed by atoms with van der Waals surface area (Å²) >= 11 is 0. The fraction of sp³-hybridized carbons (Fsp3) is 0.500. The van der Waals surface area contributed by atoms with Crippen molar-refractivity contribution in [3.8, 4) is 0 Å². The predicted octanol–water partition coefficient (Wildman–Crippen LogP) is 2.11. The molecule has 0 spiro atoms. The van der Waals surface area contributed by atoms with Gasteiger partial charge in [0.1, 0.15) is 17.7 Å². The molecule has 8 nitrogen and oxygen atoms in total. The molecule has 0 aromatic carbocycles. The van der Waals surface area contributed by atoms with Crippen molar-refractivity contribution in [1.82, 2.24) is 29.3 Å². The van der Waals surface area contributed by atoms with Gasteiger partial charge in [-0.1, -0.05) is 6.42 Å². The summed E-state index contributed by atoms with van der Waals surface area (Å²) in [5.41, 5.74) is 3.01. The van der Waals surface area contributed by atoms with Gasteiger partial charge in [-0.15, -0.1) is 0 Å². The standard InChI is InChI=1S/C18H21N7O/c1-12-10-13(17(26)24-8-5-9-25-18(24)19-11-20-25)15-16(21-12)23-7-4-2-3-6-14(23)22-15/h10-11H,2-9H2,1H3. The number of rotatable bonds is 1. The number of anilines is 1. The molecule has 2 aliphatic heterocycles. The lowest BCUT2D eigenvalue weighted by Gasteiger charge is -2.26. The van der Waals surface area contributed by atoms with Crippen molar-refractivity contribution in [2.24, 2.45) is 0 Å². The first-order valence-electron chi connectivity index (χ1n) is 9.29. The fourth-order valence-corrected chi connectivity index (χ4v) is 4.02. The van der Waals surface area contributed by atoms with Gasteiger partial charge in [0.25, 0.3) is 5.91 Å². The number of amides is 1. The van der Waals surface area contributed by atoms with Crippen molar-refractivity contribution in [3.05, 3.63) is 29.5 Å². The zero-order valence-electron chi connectivity index (χ0n) is 14.9. The molecule has 5 rings (SSSR count). The average Bonchev–Trinajstić information content (AvgIpc) is 3.18. The summed E-state index contributed by atoms with van der Waals surface area (Å²) in [7, 11) is 0. The Morgan fingerprint density at radius 3 is 2.92 bits per heavy atom. The highest BCUT2D eigenvalue weighted by molar-refractivity contribution is 6.12. The number of pyridine rings is 1. The van der Waals surface area contributed by atoms with Crippen LogP contribution in [0.25, 0.3) is 11.2 Å². The van der Waals surface area contributed by atoms with E-state index in [1.54, 1.807) is 9.58 Å². The molecule has 2 aliphatic rings. The minimum atomic E-state index is -0.0669. The average molecular weight is 351 g/mol. The Morgan fingerprint density at radius 1 is 1.08 bits per heavy atom. The van der Waals surface area contributed by atoms with Gasteiger partial charge in [0.2, 0.25) is 5.95 Å². The molecular weight excluding hydrogens is 330 g/mol. The van der Waals surface area contributed by atoms with Gasteiger partial charge >= 0.3 is 0 Å². The highest BCUT2D eigenvalue weighted by Crippen LogP contribution is 2.27. The Bertz CT molecular complexity index is 1000. The fourth-order valence-electron chi connectivity index (χ4n) is 4.02. The topological polar surface area (TPSA) is 81.7 Å². The van der Waals surface area contributed by atoms with Crippen molar-refractivity contribution in [2.45, 2.75) is 52.1 Å². The third-order valence-electron chi connectivity index (χ3n) is 5.26. The lowest BCUT2D eigenvalue weighted by atomic mass is 10.1. The molecule has 0 bridgehead atoms. The molecule has 3 aromatic rings. The summed E-state index contributed by atoms with van der Waals surface area (Å²) in [4.78, 5) is 28.9. The summed E-state index contributed by atoms with van der Waals surface area (Å²) < 4.78 is 3.99. The second-order valence-electron chi connectivity index (χ2n) is 7.07. The van der Waals surface area contributed by atoms with E-state index in [1.807, 2.05) is 13.0 Å². The Labute approximate surface area is 150 Å².